The quantitative estimate of drug-likeness (QED) is 0.215. The molecule has 1 aliphatic heterocycles. The maximum Gasteiger partial charge on any atom is 0.0701 e. The van der Waals surface area contributed by atoms with E-state index < -0.39 is 0 Å². The lowest BCUT2D eigenvalue weighted by molar-refractivity contribution is 0.475. The van der Waals surface area contributed by atoms with Crippen LogP contribution in [0.1, 0.15) is 0 Å². The molecule has 0 radical (unpaired) electrons. The molecule has 6 heteroatoms. The molecule has 1 aliphatic rings. The van der Waals surface area contributed by atoms with Crippen molar-refractivity contribution in [1.82, 2.24) is 16.0 Å². The summed E-state index contributed by atoms with van der Waals surface area (Å²) in [6, 6.07) is 0. The Hall–Kier alpha value is -0.240. The predicted octanol–water partition coefficient (Wildman–Crippen LogP) is -2.31. The van der Waals surface area contributed by atoms with Gasteiger partial charge in [-0.3, -0.25) is 0 Å². The van der Waals surface area contributed by atoms with Gasteiger partial charge in [-0.05, 0) is 0 Å². The minimum absolute atomic E-state index is 0.706. The Balaban J connectivity index is 0.000000635. The smallest absolute Gasteiger partial charge is 0.0701 e. The topological polar surface area (TPSA) is 101 Å². The van der Waals surface area contributed by atoms with E-state index in [4.69, 9.17) is 11.5 Å². The van der Waals surface area contributed by atoms with E-state index in [0.29, 0.717) is 13.1 Å². The normalized spacial score (nSPS) is 13.1. The number of nitrogens with two attached hydrogens (primary N) is 2. The van der Waals surface area contributed by atoms with Crippen molar-refractivity contribution in [2.24, 2.45) is 11.5 Å². The highest BCUT2D eigenvalue weighted by molar-refractivity contribution is 4.54. The molecule has 16 heavy (non-hydrogen) atoms. The van der Waals surface area contributed by atoms with Gasteiger partial charge in [0.15, 0.2) is 0 Å². The molecule has 1 rings (SSSR count). The standard InChI is InChI=1S/C8H23N5.C2H4O/c9-1-3-11-5-7-13-8-6-12-4-2-10;1-2-3-1/h11-13H,1-10H2;1-2H2. The number of hydrogen-bond acceptors (Lipinski definition) is 6. The lowest BCUT2D eigenvalue weighted by Gasteiger charge is -2.06. The minimum atomic E-state index is 0.706. The van der Waals surface area contributed by atoms with Gasteiger partial charge in [0.25, 0.3) is 0 Å². The second kappa shape index (κ2) is 14.8. The van der Waals surface area contributed by atoms with Gasteiger partial charge in [-0.25, -0.2) is 0 Å². The van der Waals surface area contributed by atoms with Crippen LogP contribution < -0.4 is 27.4 Å². The number of nitrogens with one attached hydrogen (secondary N) is 3. The van der Waals surface area contributed by atoms with Crippen LogP contribution in [-0.2, 0) is 4.74 Å². The highest BCUT2D eigenvalue weighted by atomic mass is 16.6. The van der Waals surface area contributed by atoms with Crippen LogP contribution in [0.5, 0.6) is 0 Å². The molecule has 98 valence electrons. The number of rotatable bonds is 10. The summed E-state index contributed by atoms with van der Waals surface area (Å²) < 4.78 is 4.50. The van der Waals surface area contributed by atoms with E-state index in [1.165, 1.54) is 0 Å². The van der Waals surface area contributed by atoms with Crippen molar-refractivity contribution in [2.45, 2.75) is 0 Å². The second-order valence-corrected chi connectivity index (χ2v) is 3.44. The van der Waals surface area contributed by atoms with Crippen LogP contribution in [0.2, 0.25) is 0 Å². The molecule has 0 aromatic heterocycles. The molecule has 0 amide bonds. The Morgan fingerprint density at radius 3 is 1.25 bits per heavy atom. The summed E-state index contributed by atoms with van der Waals surface area (Å²) in [5, 5.41) is 9.71. The van der Waals surface area contributed by atoms with Crippen molar-refractivity contribution in [1.29, 1.82) is 0 Å². The summed E-state index contributed by atoms with van der Waals surface area (Å²) in [4.78, 5) is 0. The van der Waals surface area contributed by atoms with Gasteiger partial charge in [-0.1, -0.05) is 0 Å². The third kappa shape index (κ3) is 19.4. The Morgan fingerprint density at radius 2 is 1.00 bits per heavy atom. The summed E-state index contributed by atoms with van der Waals surface area (Å²) in [6.07, 6.45) is 0. The van der Waals surface area contributed by atoms with E-state index in [0.717, 1.165) is 52.5 Å². The van der Waals surface area contributed by atoms with E-state index >= 15 is 0 Å². The molecular formula is C10H27N5O. The third-order valence-corrected chi connectivity index (χ3v) is 1.80. The van der Waals surface area contributed by atoms with Crippen LogP contribution in [0.3, 0.4) is 0 Å². The van der Waals surface area contributed by atoms with Crippen molar-refractivity contribution in [2.75, 3.05) is 65.6 Å². The van der Waals surface area contributed by atoms with Crippen LogP contribution in [0.25, 0.3) is 0 Å². The molecule has 0 atom stereocenters. The molecule has 1 saturated heterocycles. The van der Waals surface area contributed by atoms with Gasteiger partial charge in [0.05, 0.1) is 13.2 Å². The summed E-state index contributed by atoms with van der Waals surface area (Å²) in [5.74, 6) is 0. The lowest BCUT2D eigenvalue weighted by atomic mass is 10.5. The van der Waals surface area contributed by atoms with Gasteiger partial charge in [-0.2, -0.15) is 0 Å². The summed E-state index contributed by atoms with van der Waals surface area (Å²) in [6.45, 7) is 9.15. The zero-order chi connectivity index (χ0) is 11.9. The van der Waals surface area contributed by atoms with Crippen molar-refractivity contribution >= 4 is 0 Å². The van der Waals surface area contributed by atoms with E-state index in [2.05, 4.69) is 20.7 Å². The van der Waals surface area contributed by atoms with Crippen molar-refractivity contribution in [3.05, 3.63) is 0 Å². The maximum atomic E-state index is 5.32. The van der Waals surface area contributed by atoms with E-state index in [1.54, 1.807) is 0 Å². The Bertz CT molecular complexity index is 111. The number of hydrogen-bond donors (Lipinski definition) is 5. The van der Waals surface area contributed by atoms with Crippen LogP contribution in [0, 0.1) is 0 Å². The lowest BCUT2D eigenvalue weighted by Crippen LogP contribution is -2.35. The van der Waals surface area contributed by atoms with Gasteiger partial charge in [0.2, 0.25) is 0 Å². The molecule has 1 fully saturated rings. The fraction of sp³-hybridized carbons (Fsp3) is 1.00. The summed E-state index contributed by atoms with van der Waals surface area (Å²) in [5.41, 5.74) is 10.6. The zero-order valence-electron chi connectivity index (χ0n) is 10.1. The van der Waals surface area contributed by atoms with Crippen molar-refractivity contribution < 1.29 is 4.74 Å². The minimum Gasteiger partial charge on any atom is -0.377 e. The summed E-state index contributed by atoms with van der Waals surface area (Å²) >= 11 is 0. The largest absolute Gasteiger partial charge is 0.377 e. The van der Waals surface area contributed by atoms with Crippen molar-refractivity contribution in [3.8, 4) is 0 Å². The SMILES string of the molecule is C1CO1.NCCNCCNCCNCCN. The van der Waals surface area contributed by atoms with Gasteiger partial charge in [0, 0.05) is 52.4 Å². The monoisotopic (exact) mass is 233 g/mol. The zero-order valence-corrected chi connectivity index (χ0v) is 10.1. The molecule has 7 N–H and O–H groups in total. The van der Waals surface area contributed by atoms with Gasteiger partial charge in [-0.15, -0.1) is 0 Å². The van der Waals surface area contributed by atoms with Crippen LogP contribution in [-0.4, -0.2) is 65.6 Å². The average molecular weight is 233 g/mol. The van der Waals surface area contributed by atoms with Crippen molar-refractivity contribution in [3.63, 3.8) is 0 Å². The Labute approximate surface area is 98.5 Å². The van der Waals surface area contributed by atoms with Gasteiger partial charge >= 0.3 is 0 Å². The fourth-order valence-electron chi connectivity index (χ4n) is 0.933. The Morgan fingerprint density at radius 1 is 0.688 bits per heavy atom. The molecule has 6 nitrogen and oxygen atoms in total. The molecule has 0 spiro atoms. The predicted molar refractivity (Wildman–Crippen MR) is 67.5 cm³/mol. The van der Waals surface area contributed by atoms with Crippen LogP contribution in [0.15, 0.2) is 0 Å². The molecule has 1 heterocycles. The van der Waals surface area contributed by atoms with E-state index in [-0.39, 0.29) is 0 Å². The van der Waals surface area contributed by atoms with E-state index in [9.17, 15) is 0 Å². The molecule has 0 saturated carbocycles. The van der Waals surface area contributed by atoms with E-state index in [1.807, 2.05) is 0 Å². The van der Waals surface area contributed by atoms with Gasteiger partial charge in [0.1, 0.15) is 0 Å². The number of epoxide rings is 1. The van der Waals surface area contributed by atoms with Crippen LogP contribution in [0.4, 0.5) is 0 Å². The number of ether oxygens (including phenoxy) is 1. The maximum absolute atomic E-state index is 5.32. The fourth-order valence-corrected chi connectivity index (χ4v) is 0.933. The van der Waals surface area contributed by atoms with Gasteiger partial charge < -0.3 is 32.2 Å². The average Bonchev–Trinajstić information content (AvgIpc) is 3.14. The highest BCUT2D eigenvalue weighted by Crippen LogP contribution is 1.84. The second-order valence-electron chi connectivity index (χ2n) is 3.44. The molecule has 0 unspecified atom stereocenters. The summed E-state index contributed by atoms with van der Waals surface area (Å²) in [7, 11) is 0. The Kier molecular flexibility index (Phi) is 14.5. The molecule has 0 aromatic carbocycles. The first-order valence-electron chi connectivity index (χ1n) is 6.02. The molecule has 0 aliphatic carbocycles. The first-order chi connectivity index (χ1) is 7.91. The first-order valence-corrected chi connectivity index (χ1v) is 6.02. The highest BCUT2D eigenvalue weighted by Gasteiger charge is 1.94. The molecular weight excluding hydrogens is 206 g/mol. The van der Waals surface area contributed by atoms with Crippen LogP contribution >= 0.6 is 0 Å². The first kappa shape index (κ1) is 15.8. The molecule has 0 bridgehead atoms. The molecule has 0 aromatic rings. The third-order valence-electron chi connectivity index (χ3n) is 1.80.